The van der Waals surface area contributed by atoms with E-state index in [1.54, 1.807) is 47.5 Å². The molecule has 1 saturated heterocycles. The highest BCUT2D eigenvalue weighted by atomic mass is 16.4. The summed E-state index contributed by atoms with van der Waals surface area (Å²) < 4.78 is 0. The fourth-order valence-electron chi connectivity index (χ4n) is 3.83. The third-order valence-corrected chi connectivity index (χ3v) is 5.40. The Labute approximate surface area is 173 Å². The number of fused-ring (bicyclic) bond motifs is 1. The number of carbonyl (C=O) groups is 3. The molecule has 3 N–H and O–H groups in total. The molecule has 1 aromatic heterocycles. The van der Waals surface area contributed by atoms with E-state index in [1.807, 2.05) is 17.0 Å². The minimum absolute atomic E-state index is 0.230. The molecule has 0 saturated carbocycles. The SMILES string of the molecule is O=CN1CCN([C@H](C(=O)O)c2c[nH]c3ccc(NC(=O)c4ccccc4)cc23)CC1. The number of carbonyl (C=O) groups excluding carboxylic acids is 2. The Kier molecular flexibility index (Phi) is 5.49. The second kappa shape index (κ2) is 8.38. The molecule has 30 heavy (non-hydrogen) atoms. The number of carboxylic acid groups (broad SMARTS) is 1. The highest BCUT2D eigenvalue weighted by Crippen LogP contribution is 2.31. The van der Waals surface area contributed by atoms with Crippen molar-refractivity contribution in [1.82, 2.24) is 14.8 Å². The average molecular weight is 406 g/mol. The quantitative estimate of drug-likeness (QED) is 0.545. The number of hydrogen-bond acceptors (Lipinski definition) is 4. The molecule has 2 aromatic carbocycles. The van der Waals surface area contributed by atoms with Crippen molar-refractivity contribution in [2.45, 2.75) is 6.04 Å². The molecule has 2 heterocycles. The van der Waals surface area contributed by atoms with Crippen LogP contribution in [0.25, 0.3) is 10.9 Å². The van der Waals surface area contributed by atoms with Gasteiger partial charge in [-0.15, -0.1) is 0 Å². The van der Waals surface area contributed by atoms with Gasteiger partial charge < -0.3 is 20.3 Å². The number of anilines is 1. The number of aromatic nitrogens is 1. The maximum Gasteiger partial charge on any atom is 0.325 e. The number of rotatable bonds is 6. The molecule has 1 aliphatic heterocycles. The normalized spacial score (nSPS) is 15.7. The van der Waals surface area contributed by atoms with Crippen LogP contribution in [0.1, 0.15) is 22.0 Å². The highest BCUT2D eigenvalue weighted by molar-refractivity contribution is 6.05. The largest absolute Gasteiger partial charge is 0.480 e. The zero-order chi connectivity index (χ0) is 21.1. The molecule has 4 rings (SSSR count). The molecule has 2 amide bonds. The van der Waals surface area contributed by atoms with Gasteiger partial charge in [0.15, 0.2) is 0 Å². The molecule has 1 aliphatic rings. The maximum absolute atomic E-state index is 12.5. The van der Waals surface area contributed by atoms with E-state index < -0.39 is 12.0 Å². The van der Waals surface area contributed by atoms with Gasteiger partial charge in [-0.25, -0.2) is 0 Å². The Hall–Kier alpha value is -3.65. The van der Waals surface area contributed by atoms with Crippen molar-refractivity contribution in [2.24, 2.45) is 0 Å². The number of hydrogen-bond donors (Lipinski definition) is 3. The Balaban J connectivity index is 1.62. The second-order valence-electron chi connectivity index (χ2n) is 7.24. The van der Waals surface area contributed by atoms with Crippen LogP contribution in [-0.4, -0.2) is 64.4 Å². The molecule has 1 atom stereocenters. The first kappa shape index (κ1) is 19.7. The van der Waals surface area contributed by atoms with E-state index in [0.717, 1.165) is 17.3 Å². The van der Waals surface area contributed by atoms with Crippen molar-refractivity contribution >= 4 is 34.9 Å². The predicted octanol–water partition coefficient (Wildman–Crippen LogP) is 2.32. The van der Waals surface area contributed by atoms with Crippen molar-refractivity contribution < 1.29 is 19.5 Å². The Morgan fingerprint density at radius 1 is 1.07 bits per heavy atom. The molecule has 3 aromatic rings. The molecular weight excluding hydrogens is 384 g/mol. The summed E-state index contributed by atoms with van der Waals surface area (Å²) >= 11 is 0. The van der Waals surface area contributed by atoms with Crippen molar-refractivity contribution in [3.05, 3.63) is 65.9 Å². The van der Waals surface area contributed by atoms with E-state index in [2.05, 4.69) is 10.3 Å². The standard InChI is InChI=1S/C22H22N4O4/c27-14-25-8-10-26(11-9-25)20(22(29)30)18-13-23-19-7-6-16(12-17(18)19)24-21(28)15-4-2-1-3-5-15/h1-7,12-14,20,23H,8-11H2,(H,24,28)(H,29,30)/t20-/m0/s1. The summed E-state index contributed by atoms with van der Waals surface area (Å²) in [5, 5.41) is 13.5. The second-order valence-corrected chi connectivity index (χ2v) is 7.24. The number of piperazine rings is 1. The van der Waals surface area contributed by atoms with Gasteiger partial charge in [0.1, 0.15) is 6.04 Å². The zero-order valence-corrected chi connectivity index (χ0v) is 16.2. The van der Waals surface area contributed by atoms with Gasteiger partial charge in [-0.1, -0.05) is 18.2 Å². The number of carboxylic acids is 1. The molecule has 8 nitrogen and oxygen atoms in total. The van der Waals surface area contributed by atoms with E-state index >= 15 is 0 Å². The van der Waals surface area contributed by atoms with E-state index in [9.17, 15) is 19.5 Å². The molecule has 154 valence electrons. The van der Waals surface area contributed by atoms with Crippen LogP contribution in [0, 0.1) is 0 Å². The molecule has 0 aliphatic carbocycles. The predicted molar refractivity (Wildman–Crippen MR) is 112 cm³/mol. The van der Waals surface area contributed by atoms with Crippen molar-refractivity contribution in [2.75, 3.05) is 31.5 Å². The van der Waals surface area contributed by atoms with Gasteiger partial charge in [-0.05, 0) is 30.3 Å². The van der Waals surface area contributed by atoms with Crippen LogP contribution < -0.4 is 5.32 Å². The average Bonchev–Trinajstić information content (AvgIpc) is 3.17. The lowest BCUT2D eigenvalue weighted by Gasteiger charge is -2.36. The van der Waals surface area contributed by atoms with Gasteiger partial charge in [-0.3, -0.25) is 19.3 Å². The van der Waals surface area contributed by atoms with E-state index in [-0.39, 0.29) is 5.91 Å². The van der Waals surface area contributed by atoms with Gasteiger partial charge in [0.2, 0.25) is 6.41 Å². The molecule has 0 unspecified atom stereocenters. The van der Waals surface area contributed by atoms with Gasteiger partial charge in [0, 0.05) is 60.1 Å². The van der Waals surface area contributed by atoms with Gasteiger partial charge in [-0.2, -0.15) is 0 Å². The fourth-order valence-corrected chi connectivity index (χ4v) is 3.83. The molecule has 0 spiro atoms. The minimum atomic E-state index is -0.950. The lowest BCUT2D eigenvalue weighted by atomic mass is 10.0. The third-order valence-electron chi connectivity index (χ3n) is 5.40. The van der Waals surface area contributed by atoms with Crippen molar-refractivity contribution in [3.8, 4) is 0 Å². The van der Waals surface area contributed by atoms with Crippen molar-refractivity contribution in [1.29, 1.82) is 0 Å². The summed E-state index contributed by atoms with van der Waals surface area (Å²) in [5.74, 6) is -1.18. The lowest BCUT2D eigenvalue weighted by Crippen LogP contribution is -2.48. The van der Waals surface area contributed by atoms with E-state index in [0.29, 0.717) is 43.0 Å². The summed E-state index contributed by atoms with van der Waals surface area (Å²) in [4.78, 5) is 42.2. The molecule has 1 fully saturated rings. The summed E-state index contributed by atoms with van der Waals surface area (Å²) in [7, 11) is 0. The number of nitrogens with one attached hydrogen (secondary N) is 2. The number of aromatic amines is 1. The minimum Gasteiger partial charge on any atom is -0.480 e. The van der Waals surface area contributed by atoms with Crippen LogP contribution >= 0.6 is 0 Å². The topological polar surface area (TPSA) is 106 Å². The zero-order valence-electron chi connectivity index (χ0n) is 16.2. The van der Waals surface area contributed by atoms with E-state index in [1.165, 1.54) is 0 Å². The van der Waals surface area contributed by atoms with Crippen LogP contribution in [0.3, 0.4) is 0 Å². The molecular formula is C22H22N4O4. The van der Waals surface area contributed by atoms with Gasteiger partial charge in [0.25, 0.3) is 5.91 Å². The highest BCUT2D eigenvalue weighted by Gasteiger charge is 2.32. The maximum atomic E-state index is 12.5. The Morgan fingerprint density at radius 2 is 1.80 bits per heavy atom. The van der Waals surface area contributed by atoms with Crippen LogP contribution in [0.15, 0.2) is 54.7 Å². The molecule has 8 heteroatoms. The van der Waals surface area contributed by atoms with Crippen LogP contribution in [0.2, 0.25) is 0 Å². The number of H-pyrrole nitrogens is 1. The third kappa shape index (κ3) is 3.90. The fraction of sp³-hybridized carbons (Fsp3) is 0.227. The number of nitrogens with zero attached hydrogens (tertiary/aromatic N) is 2. The van der Waals surface area contributed by atoms with Crippen molar-refractivity contribution in [3.63, 3.8) is 0 Å². The molecule has 0 radical (unpaired) electrons. The number of benzene rings is 2. The number of aliphatic carboxylic acids is 1. The summed E-state index contributed by atoms with van der Waals surface area (Å²) in [6, 6.07) is 13.5. The van der Waals surface area contributed by atoms with Gasteiger partial charge in [0.05, 0.1) is 0 Å². The summed E-state index contributed by atoms with van der Waals surface area (Å²) in [6.07, 6.45) is 2.50. The first-order valence-corrected chi connectivity index (χ1v) is 9.70. The van der Waals surface area contributed by atoms with Gasteiger partial charge >= 0.3 is 5.97 Å². The molecule has 0 bridgehead atoms. The monoisotopic (exact) mass is 406 g/mol. The smallest absolute Gasteiger partial charge is 0.325 e. The van der Waals surface area contributed by atoms with Crippen LogP contribution in [0.4, 0.5) is 5.69 Å². The summed E-state index contributed by atoms with van der Waals surface area (Å²) in [6.45, 7) is 1.95. The Bertz CT molecular complexity index is 1070. The van der Waals surface area contributed by atoms with Crippen LogP contribution in [-0.2, 0) is 9.59 Å². The Morgan fingerprint density at radius 3 is 2.47 bits per heavy atom. The first-order valence-electron chi connectivity index (χ1n) is 9.70. The number of amides is 2. The lowest BCUT2D eigenvalue weighted by molar-refractivity contribution is -0.144. The van der Waals surface area contributed by atoms with E-state index in [4.69, 9.17) is 0 Å². The first-order chi connectivity index (χ1) is 14.6. The van der Waals surface area contributed by atoms with Crippen LogP contribution in [0.5, 0.6) is 0 Å². The summed E-state index contributed by atoms with van der Waals surface area (Å²) in [5.41, 5.74) is 2.56.